The molecule has 2 bridgehead atoms. The van der Waals surface area contributed by atoms with Gasteiger partial charge in [-0.3, -0.25) is 9.59 Å². The average Bonchev–Trinajstić information content (AvgIpc) is 3.32. The van der Waals surface area contributed by atoms with Gasteiger partial charge in [0.2, 0.25) is 0 Å². The monoisotopic (exact) mass is 390 g/mol. The highest BCUT2D eigenvalue weighted by Crippen LogP contribution is 2.49. The summed E-state index contributed by atoms with van der Waals surface area (Å²) in [5.41, 5.74) is 0.573. The van der Waals surface area contributed by atoms with E-state index in [9.17, 15) is 19.5 Å². The van der Waals surface area contributed by atoms with Crippen molar-refractivity contribution in [2.45, 2.75) is 12.8 Å². The molecule has 146 valence electrons. The van der Waals surface area contributed by atoms with E-state index in [-0.39, 0.29) is 41.0 Å². The van der Waals surface area contributed by atoms with Crippen molar-refractivity contribution in [2.24, 2.45) is 28.8 Å². The molecule has 0 spiro atoms. The Morgan fingerprint density at radius 2 is 1.69 bits per heavy atom. The first-order valence-corrected chi connectivity index (χ1v) is 9.57. The summed E-state index contributed by atoms with van der Waals surface area (Å²) in [6, 6.07) is 9.79. The summed E-state index contributed by atoms with van der Waals surface area (Å²) in [5.74, 6) is -1.23. The first kappa shape index (κ1) is 17.6. The molecule has 2 fully saturated rings. The third-order valence-corrected chi connectivity index (χ3v) is 6.09. The van der Waals surface area contributed by atoms with Crippen LogP contribution in [0.25, 0.3) is 11.3 Å². The number of aromatic carboxylic acids is 1. The standard InChI is InChI=1S/C22H18N2O5/c25-20-18-12-5-6-13(8-7-12)19(18)21(26)24(20)23-11-14-9-10-17(29-14)15-3-1-2-4-16(15)22(27)28/h1-6,9-13,18-19H,7-8H2,(H,27,28)/b23-11-/t12-,13-,18-,19+/m0/s1. The van der Waals surface area contributed by atoms with Gasteiger partial charge in [-0.1, -0.05) is 30.4 Å². The molecule has 7 heteroatoms. The smallest absolute Gasteiger partial charge is 0.336 e. The van der Waals surface area contributed by atoms with Crippen LogP contribution in [0, 0.1) is 23.7 Å². The summed E-state index contributed by atoms with van der Waals surface area (Å²) >= 11 is 0. The van der Waals surface area contributed by atoms with Gasteiger partial charge in [0.25, 0.3) is 11.8 Å². The highest BCUT2D eigenvalue weighted by atomic mass is 16.4. The Balaban J connectivity index is 1.39. The molecular weight excluding hydrogens is 372 g/mol. The molecule has 7 nitrogen and oxygen atoms in total. The molecule has 3 aliphatic carbocycles. The number of nitrogens with zero attached hydrogens (tertiary/aromatic N) is 2. The van der Waals surface area contributed by atoms with Gasteiger partial charge in [-0.15, -0.1) is 0 Å². The van der Waals surface area contributed by atoms with Gasteiger partial charge in [0, 0.05) is 5.56 Å². The average molecular weight is 390 g/mol. The highest BCUT2D eigenvalue weighted by Gasteiger charge is 2.56. The van der Waals surface area contributed by atoms with Crippen LogP contribution in [-0.4, -0.2) is 34.1 Å². The summed E-state index contributed by atoms with van der Waals surface area (Å²) in [4.78, 5) is 36.9. The Morgan fingerprint density at radius 1 is 1.03 bits per heavy atom. The van der Waals surface area contributed by atoms with Crippen LogP contribution in [0.15, 0.2) is 58.1 Å². The number of carboxylic acids is 1. The molecule has 2 aromatic rings. The number of carboxylic acid groups (broad SMARTS) is 1. The molecule has 1 aliphatic heterocycles. The van der Waals surface area contributed by atoms with Crippen molar-refractivity contribution in [3.8, 4) is 11.3 Å². The van der Waals surface area contributed by atoms with E-state index in [1.54, 1.807) is 30.3 Å². The van der Waals surface area contributed by atoms with E-state index >= 15 is 0 Å². The predicted molar refractivity (Wildman–Crippen MR) is 103 cm³/mol. The van der Waals surface area contributed by atoms with Crippen LogP contribution in [0.1, 0.15) is 29.0 Å². The molecule has 2 amide bonds. The fourth-order valence-electron chi connectivity index (χ4n) is 4.74. The van der Waals surface area contributed by atoms with Crippen molar-refractivity contribution >= 4 is 24.0 Å². The first-order chi connectivity index (χ1) is 14.0. The van der Waals surface area contributed by atoms with Crippen molar-refractivity contribution in [1.29, 1.82) is 0 Å². The van der Waals surface area contributed by atoms with Crippen LogP contribution in [0.3, 0.4) is 0 Å². The van der Waals surface area contributed by atoms with Crippen molar-refractivity contribution in [1.82, 2.24) is 5.01 Å². The number of carbonyl (C=O) groups excluding carboxylic acids is 2. The van der Waals surface area contributed by atoms with Crippen LogP contribution < -0.4 is 0 Å². The third-order valence-electron chi connectivity index (χ3n) is 6.09. The van der Waals surface area contributed by atoms with E-state index in [0.29, 0.717) is 17.1 Å². The zero-order valence-electron chi connectivity index (χ0n) is 15.4. The molecular formula is C22H18N2O5. The summed E-state index contributed by atoms with van der Waals surface area (Å²) < 4.78 is 5.69. The molecule has 1 saturated heterocycles. The molecule has 29 heavy (non-hydrogen) atoms. The first-order valence-electron chi connectivity index (χ1n) is 9.57. The van der Waals surface area contributed by atoms with Crippen LogP contribution >= 0.6 is 0 Å². The van der Waals surface area contributed by atoms with Crippen LogP contribution in [0.4, 0.5) is 0 Å². The lowest BCUT2D eigenvalue weighted by molar-refractivity contribution is -0.140. The molecule has 1 saturated carbocycles. The Hall–Kier alpha value is -3.48. The molecule has 0 unspecified atom stereocenters. The predicted octanol–water partition coefficient (Wildman–Crippen LogP) is 3.18. The molecule has 6 rings (SSSR count). The van der Waals surface area contributed by atoms with E-state index in [0.717, 1.165) is 17.9 Å². The van der Waals surface area contributed by atoms with E-state index in [1.165, 1.54) is 12.3 Å². The van der Waals surface area contributed by atoms with Gasteiger partial charge < -0.3 is 9.52 Å². The second kappa shape index (κ2) is 6.55. The van der Waals surface area contributed by atoms with E-state index in [2.05, 4.69) is 17.3 Å². The quantitative estimate of drug-likeness (QED) is 0.491. The van der Waals surface area contributed by atoms with Crippen molar-refractivity contribution < 1.29 is 23.9 Å². The number of fused-ring (bicyclic) bond motifs is 1. The molecule has 0 radical (unpaired) electrons. The molecule has 1 aromatic heterocycles. The number of imide groups is 1. The number of hydrogen-bond acceptors (Lipinski definition) is 5. The fraction of sp³-hybridized carbons (Fsp3) is 0.273. The summed E-state index contributed by atoms with van der Waals surface area (Å²) in [6.07, 6.45) is 7.32. The van der Waals surface area contributed by atoms with Gasteiger partial charge in [-0.25, -0.2) is 4.79 Å². The van der Waals surface area contributed by atoms with Gasteiger partial charge in [0.1, 0.15) is 11.5 Å². The third kappa shape index (κ3) is 2.73. The normalized spacial score (nSPS) is 27.8. The van der Waals surface area contributed by atoms with Crippen LogP contribution in [0.2, 0.25) is 0 Å². The van der Waals surface area contributed by atoms with Gasteiger partial charge in [-0.2, -0.15) is 10.1 Å². The SMILES string of the molecule is O=C(O)c1ccccc1-c1ccc(/C=N\N2C(=O)[C@@H]3[C@H](C2=O)[C@H]2C=C[C@H]3CC2)o1. The minimum Gasteiger partial charge on any atom is -0.478 e. The lowest BCUT2D eigenvalue weighted by atomic mass is 9.63. The second-order valence-electron chi connectivity index (χ2n) is 7.63. The number of hydrogen-bond donors (Lipinski definition) is 1. The highest BCUT2D eigenvalue weighted by molar-refractivity contribution is 6.06. The zero-order chi connectivity index (χ0) is 20.1. The Labute approximate surface area is 166 Å². The van der Waals surface area contributed by atoms with E-state index in [4.69, 9.17) is 4.42 Å². The summed E-state index contributed by atoms with van der Waals surface area (Å²) in [7, 11) is 0. The molecule has 4 aliphatic rings. The molecule has 4 atom stereocenters. The Morgan fingerprint density at radius 3 is 2.31 bits per heavy atom. The van der Waals surface area contributed by atoms with Crippen LogP contribution in [0.5, 0.6) is 0 Å². The zero-order valence-corrected chi connectivity index (χ0v) is 15.4. The number of hydrazone groups is 1. The summed E-state index contributed by atoms with van der Waals surface area (Å²) in [5, 5.41) is 14.4. The largest absolute Gasteiger partial charge is 0.478 e. The topological polar surface area (TPSA) is 100 Å². The number of benzene rings is 1. The number of furan rings is 1. The van der Waals surface area contributed by atoms with Gasteiger partial charge in [0.15, 0.2) is 0 Å². The maximum atomic E-state index is 12.8. The fourth-order valence-corrected chi connectivity index (χ4v) is 4.74. The van der Waals surface area contributed by atoms with Gasteiger partial charge in [-0.05, 0) is 42.9 Å². The number of allylic oxidation sites excluding steroid dienone is 2. The number of carbonyl (C=O) groups is 3. The lowest BCUT2D eigenvalue weighted by Gasteiger charge is -2.37. The van der Waals surface area contributed by atoms with E-state index < -0.39 is 5.97 Å². The Bertz CT molecular complexity index is 1050. The second-order valence-corrected chi connectivity index (χ2v) is 7.63. The van der Waals surface area contributed by atoms with Crippen molar-refractivity contribution in [3.05, 3.63) is 59.9 Å². The van der Waals surface area contributed by atoms with Gasteiger partial charge >= 0.3 is 5.97 Å². The minimum atomic E-state index is -1.05. The van der Waals surface area contributed by atoms with Gasteiger partial charge in [0.05, 0.1) is 23.6 Å². The minimum absolute atomic E-state index is 0.115. The summed E-state index contributed by atoms with van der Waals surface area (Å²) in [6.45, 7) is 0. The van der Waals surface area contributed by atoms with Crippen LogP contribution in [-0.2, 0) is 9.59 Å². The maximum Gasteiger partial charge on any atom is 0.336 e. The maximum absolute atomic E-state index is 12.8. The van der Waals surface area contributed by atoms with E-state index in [1.807, 2.05) is 0 Å². The number of amides is 2. The Kier molecular flexibility index (Phi) is 3.97. The number of rotatable bonds is 4. The van der Waals surface area contributed by atoms with Crippen molar-refractivity contribution in [2.75, 3.05) is 0 Å². The molecule has 1 N–H and O–H groups in total. The van der Waals surface area contributed by atoms with Crippen molar-refractivity contribution in [3.63, 3.8) is 0 Å². The molecule has 2 heterocycles. The lowest BCUT2D eigenvalue weighted by Crippen LogP contribution is -2.38. The molecule has 1 aromatic carbocycles.